The van der Waals surface area contributed by atoms with E-state index in [0.717, 1.165) is 0 Å². The number of nitrogens with two attached hydrogens (primary N) is 1. The van der Waals surface area contributed by atoms with Crippen LogP contribution in [0.15, 0.2) is 10.9 Å². The number of hydrogen-bond donors (Lipinski definition) is 2. The summed E-state index contributed by atoms with van der Waals surface area (Å²) in [6, 6.07) is 1.17. The van der Waals surface area contributed by atoms with E-state index in [0.29, 0.717) is 0 Å². The average molecular weight is 179 g/mol. The third kappa shape index (κ3) is 1.25. The van der Waals surface area contributed by atoms with E-state index in [1.165, 1.54) is 6.07 Å². The van der Waals surface area contributed by atoms with Crippen molar-refractivity contribution in [1.82, 2.24) is 4.98 Å². The molecule has 0 saturated carbocycles. The summed E-state index contributed by atoms with van der Waals surface area (Å²) in [7, 11) is 0. The van der Waals surface area contributed by atoms with E-state index in [-0.39, 0.29) is 21.4 Å². The van der Waals surface area contributed by atoms with Crippen LogP contribution in [0, 0.1) is 0 Å². The molecule has 0 aliphatic heterocycles. The second-order valence-corrected chi connectivity index (χ2v) is 2.49. The molecule has 1 heterocycles. The van der Waals surface area contributed by atoms with Crippen LogP contribution >= 0.6 is 23.2 Å². The molecular weight excluding hydrogens is 175 g/mol. The number of H-pyrrole nitrogens is 1. The highest BCUT2D eigenvalue weighted by atomic mass is 35.5. The second-order valence-electron chi connectivity index (χ2n) is 1.71. The van der Waals surface area contributed by atoms with Gasteiger partial charge in [0.25, 0.3) is 0 Å². The van der Waals surface area contributed by atoms with Crippen LogP contribution in [0.3, 0.4) is 0 Å². The van der Waals surface area contributed by atoms with Crippen LogP contribution in [0.25, 0.3) is 0 Å². The molecule has 5 heteroatoms. The number of pyridine rings is 1. The Hall–Kier alpha value is -0.670. The summed E-state index contributed by atoms with van der Waals surface area (Å²) in [6.45, 7) is 0. The minimum absolute atomic E-state index is 0.00827. The molecule has 0 amide bonds. The molecule has 0 aliphatic carbocycles. The number of hydrogen-bond acceptors (Lipinski definition) is 2. The van der Waals surface area contributed by atoms with E-state index in [9.17, 15) is 4.79 Å². The summed E-state index contributed by atoms with van der Waals surface area (Å²) in [5.41, 5.74) is 4.84. The van der Waals surface area contributed by atoms with Gasteiger partial charge in [0, 0.05) is 6.07 Å². The molecular formula is C5H4Cl2N2O. The molecule has 0 aliphatic rings. The molecule has 0 saturated heterocycles. The van der Waals surface area contributed by atoms with Gasteiger partial charge in [0.1, 0.15) is 16.0 Å². The Kier molecular flexibility index (Phi) is 1.87. The predicted molar refractivity (Wildman–Crippen MR) is 41.5 cm³/mol. The quantitative estimate of drug-likeness (QED) is 0.589. The normalized spacial score (nSPS) is 9.80. The van der Waals surface area contributed by atoms with Gasteiger partial charge in [-0.1, -0.05) is 23.2 Å². The number of rotatable bonds is 0. The highest BCUT2D eigenvalue weighted by molar-refractivity contribution is 6.33. The van der Waals surface area contributed by atoms with Gasteiger partial charge in [-0.3, -0.25) is 4.79 Å². The Bertz CT molecular complexity index is 307. The Morgan fingerprint density at radius 3 is 2.60 bits per heavy atom. The number of nitrogen functional groups attached to an aromatic ring is 1. The lowest BCUT2D eigenvalue weighted by atomic mass is 10.4. The topological polar surface area (TPSA) is 58.9 Å². The van der Waals surface area contributed by atoms with Crippen LogP contribution in [0.1, 0.15) is 0 Å². The third-order valence-electron chi connectivity index (χ3n) is 0.989. The summed E-state index contributed by atoms with van der Waals surface area (Å²) < 4.78 is 0. The lowest BCUT2D eigenvalue weighted by molar-refractivity contribution is 1.31. The molecule has 0 spiro atoms. The number of halogens is 2. The zero-order valence-corrected chi connectivity index (χ0v) is 6.33. The van der Waals surface area contributed by atoms with Crippen molar-refractivity contribution in [2.75, 3.05) is 5.73 Å². The van der Waals surface area contributed by atoms with Crippen molar-refractivity contribution < 1.29 is 0 Å². The lowest BCUT2D eigenvalue weighted by Gasteiger charge is -1.95. The first-order valence-corrected chi connectivity index (χ1v) is 3.20. The van der Waals surface area contributed by atoms with Gasteiger partial charge in [0.15, 0.2) is 0 Å². The summed E-state index contributed by atoms with van der Waals surface area (Å²) in [6.07, 6.45) is 0. The number of aromatic nitrogens is 1. The van der Waals surface area contributed by atoms with Crippen LogP contribution in [0.5, 0.6) is 0 Å². The smallest absolute Gasteiger partial charge is 0.207 e. The zero-order chi connectivity index (χ0) is 7.72. The first-order valence-electron chi connectivity index (χ1n) is 2.45. The van der Waals surface area contributed by atoms with Gasteiger partial charge in [-0.05, 0) is 0 Å². The fourth-order valence-corrected chi connectivity index (χ4v) is 0.946. The predicted octanol–water partition coefficient (Wildman–Crippen LogP) is 1.26. The molecule has 0 radical (unpaired) electrons. The standard InChI is InChI=1S/C5H4Cl2N2O/c6-3-1-2(10)4(8)5(7)9-3/h1H,8H2,(H,9,10). The maximum absolute atomic E-state index is 10.7. The van der Waals surface area contributed by atoms with E-state index in [4.69, 9.17) is 28.9 Å². The summed E-state index contributed by atoms with van der Waals surface area (Å²) in [5, 5.41) is 0.265. The first-order chi connectivity index (χ1) is 4.61. The van der Waals surface area contributed by atoms with Crippen molar-refractivity contribution in [3.63, 3.8) is 0 Å². The van der Waals surface area contributed by atoms with Gasteiger partial charge in [-0.15, -0.1) is 0 Å². The molecule has 0 unspecified atom stereocenters. The van der Waals surface area contributed by atoms with Gasteiger partial charge in [-0.2, -0.15) is 0 Å². The molecule has 1 rings (SSSR count). The Morgan fingerprint density at radius 1 is 1.50 bits per heavy atom. The minimum Gasteiger partial charge on any atom is -0.393 e. The van der Waals surface area contributed by atoms with Gasteiger partial charge in [0.2, 0.25) is 5.43 Å². The number of aromatic amines is 1. The second kappa shape index (κ2) is 2.52. The average Bonchev–Trinajstić information content (AvgIpc) is 1.82. The Morgan fingerprint density at radius 2 is 2.10 bits per heavy atom. The Balaban J connectivity index is 3.46. The number of anilines is 1. The summed E-state index contributed by atoms with van der Waals surface area (Å²) in [5.74, 6) is 0. The van der Waals surface area contributed by atoms with E-state index in [1.54, 1.807) is 0 Å². The summed E-state index contributed by atoms with van der Waals surface area (Å²) >= 11 is 10.9. The molecule has 3 nitrogen and oxygen atoms in total. The van der Waals surface area contributed by atoms with Crippen LogP contribution < -0.4 is 11.2 Å². The van der Waals surface area contributed by atoms with Gasteiger partial charge in [-0.25, -0.2) is 0 Å². The fraction of sp³-hybridized carbons (Fsp3) is 0. The molecule has 1 aromatic heterocycles. The van der Waals surface area contributed by atoms with Crippen molar-refractivity contribution in [2.45, 2.75) is 0 Å². The third-order valence-corrected chi connectivity index (χ3v) is 1.49. The Labute approximate surface area is 66.8 Å². The highest BCUT2D eigenvalue weighted by Gasteiger charge is 2.00. The molecule has 54 valence electrons. The molecule has 10 heavy (non-hydrogen) atoms. The fourth-order valence-electron chi connectivity index (χ4n) is 0.509. The monoisotopic (exact) mass is 178 g/mol. The lowest BCUT2D eigenvalue weighted by Crippen LogP contribution is -2.08. The van der Waals surface area contributed by atoms with Crippen LogP contribution in [0.2, 0.25) is 10.3 Å². The van der Waals surface area contributed by atoms with Crippen LogP contribution in [-0.4, -0.2) is 4.98 Å². The highest BCUT2D eigenvalue weighted by Crippen LogP contribution is 2.12. The van der Waals surface area contributed by atoms with Crippen molar-refractivity contribution in [1.29, 1.82) is 0 Å². The minimum atomic E-state index is -0.367. The number of nitrogens with one attached hydrogen (secondary N) is 1. The van der Waals surface area contributed by atoms with Crippen molar-refractivity contribution in [3.8, 4) is 0 Å². The van der Waals surface area contributed by atoms with Crippen molar-refractivity contribution in [2.24, 2.45) is 0 Å². The largest absolute Gasteiger partial charge is 0.393 e. The molecule has 0 atom stereocenters. The zero-order valence-electron chi connectivity index (χ0n) is 4.82. The van der Waals surface area contributed by atoms with Crippen molar-refractivity contribution in [3.05, 3.63) is 26.6 Å². The van der Waals surface area contributed by atoms with Crippen LogP contribution in [0.4, 0.5) is 5.69 Å². The van der Waals surface area contributed by atoms with E-state index in [1.807, 2.05) is 0 Å². The maximum atomic E-state index is 10.7. The van der Waals surface area contributed by atoms with Gasteiger partial charge in [0.05, 0.1) is 0 Å². The molecule has 0 bridgehead atoms. The van der Waals surface area contributed by atoms with Gasteiger partial charge < -0.3 is 10.7 Å². The van der Waals surface area contributed by atoms with Gasteiger partial charge >= 0.3 is 0 Å². The first kappa shape index (κ1) is 7.44. The molecule has 0 fully saturated rings. The van der Waals surface area contributed by atoms with E-state index < -0.39 is 0 Å². The van der Waals surface area contributed by atoms with E-state index >= 15 is 0 Å². The maximum Gasteiger partial charge on any atom is 0.207 e. The molecule has 3 N–H and O–H groups in total. The van der Waals surface area contributed by atoms with Crippen LogP contribution in [-0.2, 0) is 0 Å². The molecule has 1 aromatic rings. The SMILES string of the molecule is Nc1c(Cl)[nH]c(Cl)cc1=O. The summed E-state index contributed by atoms with van der Waals surface area (Å²) in [4.78, 5) is 13.2. The van der Waals surface area contributed by atoms with E-state index in [2.05, 4.69) is 4.98 Å². The van der Waals surface area contributed by atoms with Crippen molar-refractivity contribution >= 4 is 28.9 Å². The molecule has 0 aromatic carbocycles.